The Hall–Kier alpha value is -1.68. The van der Waals surface area contributed by atoms with E-state index in [2.05, 4.69) is 10.6 Å². The molecule has 1 heterocycles. The van der Waals surface area contributed by atoms with Crippen LogP contribution in [0.3, 0.4) is 0 Å². The summed E-state index contributed by atoms with van der Waals surface area (Å²) >= 11 is 0. The van der Waals surface area contributed by atoms with Gasteiger partial charge in [0.2, 0.25) is 15.9 Å². The average Bonchev–Trinajstić information content (AvgIpc) is 2.66. The number of carbonyl (C=O) groups excluding carboxylic acids is 2. The third-order valence-corrected chi connectivity index (χ3v) is 6.47. The number of carbonyl (C=O) groups is 2. The lowest BCUT2D eigenvalue weighted by atomic mass is 10.2. The van der Waals surface area contributed by atoms with E-state index in [9.17, 15) is 18.0 Å². The lowest BCUT2D eigenvalue weighted by Gasteiger charge is -2.33. The molecule has 0 unspecified atom stereocenters. The van der Waals surface area contributed by atoms with Crippen LogP contribution in [0.25, 0.3) is 0 Å². The van der Waals surface area contributed by atoms with Gasteiger partial charge in [0.05, 0.1) is 4.90 Å². The summed E-state index contributed by atoms with van der Waals surface area (Å²) < 4.78 is 26.9. The molecule has 0 spiro atoms. The molecule has 1 aromatic carbocycles. The van der Waals surface area contributed by atoms with E-state index in [-0.39, 0.29) is 48.2 Å². The summed E-state index contributed by atoms with van der Waals surface area (Å²) in [5.74, 6) is -0.287. The normalized spacial score (nSPS) is 16.2. The zero-order chi connectivity index (χ0) is 20.0. The number of hydrogen-bond acceptors (Lipinski definition) is 5. The minimum Gasteiger partial charge on any atom is -0.350 e. The lowest BCUT2D eigenvalue weighted by molar-refractivity contribution is -0.129. The predicted octanol–water partition coefficient (Wildman–Crippen LogP) is 0.689. The zero-order valence-corrected chi connectivity index (χ0v) is 18.1. The summed E-state index contributed by atoms with van der Waals surface area (Å²) in [6.07, 6.45) is 0. The molecular formula is C18H29ClN4O4S. The quantitative estimate of drug-likeness (QED) is 0.660. The third-order valence-electron chi connectivity index (χ3n) is 4.56. The molecule has 2 rings (SSSR count). The number of amides is 2. The second-order valence-corrected chi connectivity index (χ2v) is 8.54. The van der Waals surface area contributed by atoms with Gasteiger partial charge in [0.1, 0.15) is 0 Å². The van der Waals surface area contributed by atoms with E-state index in [1.54, 1.807) is 4.90 Å². The van der Waals surface area contributed by atoms with Crippen LogP contribution in [-0.2, 0) is 14.8 Å². The molecule has 1 aliphatic rings. The van der Waals surface area contributed by atoms with Gasteiger partial charge in [-0.05, 0) is 37.7 Å². The molecule has 0 aromatic heterocycles. The van der Waals surface area contributed by atoms with E-state index in [1.165, 1.54) is 35.5 Å². The molecule has 10 heteroatoms. The first-order valence-electron chi connectivity index (χ1n) is 9.13. The van der Waals surface area contributed by atoms with Crippen LogP contribution < -0.4 is 10.6 Å². The van der Waals surface area contributed by atoms with E-state index in [1.807, 2.05) is 13.8 Å². The van der Waals surface area contributed by atoms with Crippen molar-refractivity contribution in [3.8, 4) is 0 Å². The van der Waals surface area contributed by atoms with Crippen LogP contribution in [0.15, 0.2) is 29.2 Å². The first-order valence-corrected chi connectivity index (χ1v) is 10.6. The Morgan fingerprint density at radius 1 is 1.11 bits per heavy atom. The highest BCUT2D eigenvalue weighted by atomic mass is 35.5. The molecule has 2 amide bonds. The van der Waals surface area contributed by atoms with Crippen molar-refractivity contribution in [2.75, 3.05) is 39.3 Å². The summed E-state index contributed by atoms with van der Waals surface area (Å²) in [5, 5.41) is 6.03. The van der Waals surface area contributed by atoms with Crippen molar-refractivity contribution >= 4 is 34.2 Å². The molecule has 0 aliphatic carbocycles. The second kappa shape index (κ2) is 10.8. The maximum Gasteiger partial charge on any atom is 0.251 e. The highest BCUT2D eigenvalue weighted by Gasteiger charge is 2.29. The van der Waals surface area contributed by atoms with Crippen LogP contribution in [0, 0.1) is 0 Å². The largest absolute Gasteiger partial charge is 0.350 e. The molecule has 0 bridgehead atoms. The molecule has 0 saturated carbocycles. The Bertz CT molecular complexity index is 762. The van der Waals surface area contributed by atoms with E-state index in [4.69, 9.17) is 0 Å². The summed E-state index contributed by atoms with van der Waals surface area (Å²) in [4.78, 5) is 25.3. The number of rotatable bonds is 7. The van der Waals surface area contributed by atoms with Crippen LogP contribution in [-0.4, -0.2) is 74.7 Å². The molecule has 2 N–H and O–H groups in total. The van der Waals surface area contributed by atoms with Crippen LogP contribution in [0.4, 0.5) is 0 Å². The van der Waals surface area contributed by atoms with Crippen molar-refractivity contribution in [2.45, 2.75) is 31.7 Å². The number of likely N-dealkylation sites (N-methyl/N-ethyl adjacent to an activating group) is 1. The first kappa shape index (κ1) is 24.4. The smallest absolute Gasteiger partial charge is 0.251 e. The molecule has 1 fully saturated rings. The van der Waals surface area contributed by atoms with Gasteiger partial charge in [-0.25, -0.2) is 8.42 Å². The van der Waals surface area contributed by atoms with Gasteiger partial charge < -0.3 is 15.5 Å². The number of nitrogens with zero attached hydrogens (tertiary/aromatic N) is 2. The molecule has 158 valence electrons. The highest BCUT2D eigenvalue weighted by molar-refractivity contribution is 7.89. The van der Waals surface area contributed by atoms with Crippen molar-refractivity contribution in [3.05, 3.63) is 29.8 Å². The molecule has 8 nitrogen and oxygen atoms in total. The molecule has 1 aliphatic heterocycles. The molecule has 28 heavy (non-hydrogen) atoms. The Balaban J connectivity index is 0.00000392. The number of sulfonamides is 1. The number of hydrogen-bond donors (Lipinski definition) is 2. The van der Waals surface area contributed by atoms with Gasteiger partial charge in [-0.1, -0.05) is 6.92 Å². The fourth-order valence-electron chi connectivity index (χ4n) is 2.94. The number of benzene rings is 1. The number of halogens is 1. The fourth-order valence-corrected chi connectivity index (χ4v) is 4.36. The van der Waals surface area contributed by atoms with Gasteiger partial charge in [0, 0.05) is 51.3 Å². The van der Waals surface area contributed by atoms with Crippen molar-refractivity contribution in [3.63, 3.8) is 0 Å². The minimum absolute atomic E-state index is 0. The molecule has 1 aromatic rings. The van der Waals surface area contributed by atoms with Crippen LogP contribution >= 0.6 is 12.4 Å². The second-order valence-electron chi connectivity index (χ2n) is 6.60. The standard InChI is InChI=1S/C18H28N4O4S.ClH/c1-4-19-14(2)13-20-18(24)16-5-7-17(8-6-16)27(25,26)22-11-9-21(10-12-22)15(3)23;/h5-8,14,19H,4,9-13H2,1-3H3,(H,20,24);1H/t14-;/m1./s1. The Morgan fingerprint density at radius 2 is 1.68 bits per heavy atom. The average molecular weight is 433 g/mol. The summed E-state index contributed by atoms with van der Waals surface area (Å²) in [7, 11) is -3.63. The van der Waals surface area contributed by atoms with Gasteiger partial charge in [0.25, 0.3) is 5.91 Å². The van der Waals surface area contributed by atoms with Gasteiger partial charge in [0.15, 0.2) is 0 Å². The van der Waals surface area contributed by atoms with Crippen molar-refractivity contribution in [1.29, 1.82) is 0 Å². The lowest BCUT2D eigenvalue weighted by Crippen LogP contribution is -2.49. The maximum atomic E-state index is 12.7. The SMILES string of the molecule is CCN[C@H](C)CNC(=O)c1ccc(S(=O)(=O)N2CCN(C(C)=O)CC2)cc1.Cl. The molecular weight excluding hydrogens is 404 g/mol. The molecule has 1 saturated heterocycles. The number of piperazine rings is 1. The zero-order valence-electron chi connectivity index (χ0n) is 16.5. The van der Waals surface area contributed by atoms with Crippen molar-refractivity contribution in [1.82, 2.24) is 19.8 Å². The van der Waals surface area contributed by atoms with Crippen molar-refractivity contribution in [2.24, 2.45) is 0 Å². The Morgan fingerprint density at radius 3 is 2.18 bits per heavy atom. The van der Waals surface area contributed by atoms with Crippen LogP contribution in [0.2, 0.25) is 0 Å². The molecule has 1 atom stereocenters. The number of nitrogens with one attached hydrogen (secondary N) is 2. The first-order chi connectivity index (χ1) is 12.8. The summed E-state index contributed by atoms with van der Waals surface area (Å²) in [5.41, 5.74) is 0.416. The van der Waals surface area contributed by atoms with Crippen LogP contribution in [0.1, 0.15) is 31.1 Å². The fraction of sp³-hybridized carbons (Fsp3) is 0.556. The van der Waals surface area contributed by atoms with E-state index in [0.29, 0.717) is 25.2 Å². The maximum absolute atomic E-state index is 12.7. The van der Waals surface area contributed by atoms with Gasteiger partial charge in [-0.3, -0.25) is 9.59 Å². The van der Waals surface area contributed by atoms with Gasteiger partial charge in [-0.15, -0.1) is 12.4 Å². The van der Waals surface area contributed by atoms with E-state index < -0.39 is 10.0 Å². The Labute approximate surface area is 173 Å². The monoisotopic (exact) mass is 432 g/mol. The van der Waals surface area contributed by atoms with E-state index >= 15 is 0 Å². The highest BCUT2D eigenvalue weighted by Crippen LogP contribution is 2.18. The summed E-state index contributed by atoms with van der Waals surface area (Å²) in [6, 6.07) is 6.11. The van der Waals surface area contributed by atoms with E-state index in [0.717, 1.165) is 6.54 Å². The topological polar surface area (TPSA) is 98.8 Å². The third kappa shape index (κ3) is 6.16. The van der Waals surface area contributed by atoms with Gasteiger partial charge in [-0.2, -0.15) is 4.31 Å². The van der Waals surface area contributed by atoms with Crippen molar-refractivity contribution < 1.29 is 18.0 Å². The molecule has 0 radical (unpaired) electrons. The Kier molecular flexibility index (Phi) is 9.35. The van der Waals surface area contributed by atoms with Gasteiger partial charge >= 0.3 is 0 Å². The predicted molar refractivity (Wildman–Crippen MR) is 110 cm³/mol. The minimum atomic E-state index is -3.63. The van der Waals surface area contributed by atoms with Crippen LogP contribution in [0.5, 0.6) is 0 Å². The summed E-state index contributed by atoms with van der Waals surface area (Å²) in [6.45, 7) is 8.09.